The SMILES string of the molecule is CC(C)(C)[Si](C)(C)OC(=O)c1ccc(Cl)c(O[Si](C)(C)C(C)(C)C)c1CBr. The number of benzene rings is 1. The predicted molar refractivity (Wildman–Crippen MR) is 125 cm³/mol. The van der Waals surface area contributed by atoms with E-state index in [0.29, 0.717) is 21.7 Å². The van der Waals surface area contributed by atoms with Crippen LogP contribution in [0.2, 0.25) is 41.3 Å². The molecule has 1 aromatic carbocycles. The lowest BCUT2D eigenvalue weighted by Crippen LogP contribution is -2.44. The van der Waals surface area contributed by atoms with Gasteiger partial charge in [0, 0.05) is 10.9 Å². The summed E-state index contributed by atoms with van der Waals surface area (Å²) in [5, 5.41) is 0.972. The smallest absolute Gasteiger partial charge is 0.325 e. The summed E-state index contributed by atoms with van der Waals surface area (Å²) in [6, 6.07) is 3.48. The molecule has 7 heteroatoms. The molecule has 0 radical (unpaired) electrons. The molecule has 0 bridgehead atoms. The third-order valence-corrected chi connectivity index (χ3v) is 15.4. The Morgan fingerprint density at radius 2 is 1.48 bits per heavy atom. The van der Waals surface area contributed by atoms with Crippen molar-refractivity contribution in [3.8, 4) is 5.75 Å². The van der Waals surface area contributed by atoms with Gasteiger partial charge in [-0.2, -0.15) is 0 Å². The minimum atomic E-state index is -2.22. The van der Waals surface area contributed by atoms with E-state index in [1.54, 1.807) is 12.1 Å². The number of hydrogen-bond acceptors (Lipinski definition) is 3. The monoisotopic (exact) mass is 492 g/mol. The van der Waals surface area contributed by atoms with Gasteiger partial charge in [-0.05, 0) is 48.4 Å². The fraction of sp³-hybridized carbons (Fsp3) is 0.650. The van der Waals surface area contributed by atoms with Gasteiger partial charge in [-0.15, -0.1) is 0 Å². The minimum absolute atomic E-state index is 0.0254. The van der Waals surface area contributed by atoms with Crippen LogP contribution >= 0.6 is 27.5 Å². The van der Waals surface area contributed by atoms with Crippen molar-refractivity contribution in [2.45, 2.75) is 83.1 Å². The number of alkyl halides is 1. The zero-order valence-electron chi connectivity index (χ0n) is 18.3. The summed E-state index contributed by atoms with van der Waals surface area (Å²) in [4.78, 5) is 13.0. The zero-order chi connectivity index (χ0) is 21.4. The van der Waals surface area contributed by atoms with Crippen LogP contribution in [0.1, 0.15) is 57.5 Å². The van der Waals surface area contributed by atoms with E-state index < -0.39 is 16.6 Å². The van der Waals surface area contributed by atoms with E-state index in [1.165, 1.54) is 0 Å². The van der Waals surface area contributed by atoms with Gasteiger partial charge in [0.25, 0.3) is 16.6 Å². The van der Waals surface area contributed by atoms with Gasteiger partial charge >= 0.3 is 5.97 Å². The molecule has 0 unspecified atom stereocenters. The third kappa shape index (κ3) is 5.61. The third-order valence-electron chi connectivity index (χ3n) is 5.88. The fourth-order valence-electron chi connectivity index (χ4n) is 1.88. The van der Waals surface area contributed by atoms with E-state index in [4.69, 9.17) is 20.5 Å². The molecular formula is C20H34BrClO3Si2. The second-order valence-electron chi connectivity index (χ2n) is 10.0. The van der Waals surface area contributed by atoms with Crippen molar-refractivity contribution in [3.63, 3.8) is 0 Å². The first-order valence-corrected chi connectivity index (χ1v) is 16.6. The number of carbonyl (C=O) groups is 1. The summed E-state index contributed by atoms with van der Waals surface area (Å²) in [6.07, 6.45) is 0. The topological polar surface area (TPSA) is 35.5 Å². The van der Waals surface area contributed by atoms with Gasteiger partial charge in [0.1, 0.15) is 5.75 Å². The van der Waals surface area contributed by atoms with Crippen molar-refractivity contribution in [2.75, 3.05) is 0 Å². The number of carbonyl (C=O) groups excluding carboxylic acids is 1. The second kappa shape index (κ2) is 8.21. The molecular weight excluding hydrogens is 460 g/mol. The highest BCUT2D eigenvalue weighted by molar-refractivity contribution is 9.08. The van der Waals surface area contributed by atoms with Crippen LogP contribution in [0.5, 0.6) is 5.75 Å². The normalized spacial score (nSPS) is 13.5. The molecule has 27 heavy (non-hydrogen) atoms. The van der Waals surface area contributed by atoms with Gasteiger partial charge < -0.3 is 8.85 Å². The van der Waals surface area contributed by atoms with Crippen LogP contribution in [0.15, 0.2) is 12.1 Å². The van der Waals surface area contributed by atoms with Crippen molar-refractivity contribution >= 4 is 50.1 Å². The molecule has 0 amide bonds. The largest absolute Gasteiger partial charge is 0.542 e. The molecule has 0 aliphatic heterocycles. The first kappa shape index (κ1) is 24.7. The van der Waals surface area contributed by atoms with Gasteiger partial charge in [0.15, 0.2) is 0 Å². The Balaban J connectivity index is 3.39. The Morgan fingerprint density at radius 1 is 1.00 bits per heavy atom. The Morgan fingerprint density at radius 3 is 1.89 bits per heavy atom. The lowest BCUT2D eigenvalue weighted by Gasteiger charge is -2.38. The van der Waals surface area contributed by atoms with E-state index in [-0.39, 0.29) is 16.0 Å². The molecule has 0 saturated carbocycles. The zero-order valence-corrected chi connectivity index (χ0v) is 22.7. The maximum absolute atomic E-state index is 13.0. The quantitative estimate of drug-likeness (QED) is 0.310. The lowest BCUT2D eigenvalue weighted by molar-refractivity contribution is 0.0711. The lowest BCUT2D eigenvalue weighted by atomic mass is 10.1. The average molecular weight is 494 g/mol. The average Bonchev–Trinajstić information content (AvgIpc) is 2.45. The van der Waals surface area contributed by atoms with E-state index in [9.17, 15) is 4.79 Å². The Labute approximate surface area is 180 Å². The van der Waals surface area contributed by atoms with E-state index in [0.717, 1.165) is 5.56 Å². The van der Waals surface area contributed by atoms with Gasteiger partial charge in [-0.1, -0.05) is 69.1 Å². The molecule has 0 aliphatic carbocycles. The molecule has 0 aliphatic rings. The first-order valence-electron chi connectivity index (χ1n) is 9.24. The number of halogens is 2. The molecule has 3 nitrogen and oxygen atoms in total. The van der Waals surface area contributed by atoms with Gasteiger partial charge in [-0.3, -0.25) is 0 Å². The standard InChI is InChI=1S/C20H34BrClO3Si2/c1-19(2,3)26(7,8)24-17-15(13-21)14(11-12-16(17)22)18(23)25-27(9,10)20(4,5)6/h11-12H,13H2,1-10H3. The van der Waals surface area contributed by atoms with Crippen LogP contribution in [0, 0.1) is 0 Å². The molecule has 0 saturated heterocycles. The highest BCUT2D eigenvalue weighted by Gasteiger charge is 2.42. The van der Waals surface area contributed by atoms with Gasteiger partial charge in [0.2, 0.25) is 0 Å². The second-order valence-corrected chi connectivity index (χ2v) is 20.5. The summed E-state index contributed by atoms with van der Waals surface area (Å²) in [5.74, 6) is 0.303. The summed E-state index contributed by atoms with van der Waals surface area (Å²) in [5.41, 5.74) is 1.28. The molecule has 0 heterocycles. The summed E-state index contributed by atoms with van der Waals surface area (Å²) in [6.45, 7) is 21.4. The van der Waals surface area contributed by atoms with Crippen LogP contribution in [0.3, 0.4) is 0 Å². The Hall–Kier alpha value is -0.306. The number of hydrogen-bond donors (Lipinski definition) is 0. The summed E-state index contributed by atoms with van der Waals surface area (Å²) < 4.78 is 12.5. The van der Waals surface area contributed by atoms with Crippen LogP contribution < -0.4 is 4.43 Å². The molecule has 0 fully saturated rings. The molecule has 154 valence electrons. The molecule has 1 rings (SSSR count). The van der Waals surface area contributed by atoms with Crippen molar-refractivity contribution in [1.29, 1.82) is 0 Å². The van der Waals surface area contributed by atoms with Crippen LogP contribution in [-0.2, 0) is 9.76 Å². The maximum Gasteiger partial charge on any atom is 0.325 e. The van der Waals surface area contributed by atoms with Crippen molar-refractivity contribution in [3.05, 3.63) is 28.3 Å². The predicted octanol–water partition coefficient (Wildman–Crippen LogP) is 7.78. The van der Waals surface area contributed by atoms with Gasteiger partial charge in [-0.25, -0.2) is 4.79 Å². The van der Waals surface area contributed by atoms with E-state index in [1.807, 2.05) is 0 Å². The number of rotatable bonds is 5. The highest BCUT2D eigenvalue weighted by Crippen LogP contribution is 2.43. The van der Waals surface area contributed by atoms with E-state index in [2.05, 4.69) is 83.7 Å². The summed E-state index contributed by atoms with van der Waals surface area (Å²) in [7, 11) is -4.33. The minimum Gasteiger partial charge on any atom is -0.542 e. The first-order chi connectivity index (χ1) is 11.9. The molecule has 0 N–H and O–H groups in total. The van der Waals surface area contributed by atoms with E-state index >= 15 is 0 Å². The molecule has 0 aromatic heterocycles. The van der Waals surface area contributed by atoms with Crippen molar-refractivity contribution in [1.82, 2.24) is 0 Å². The maximum atomic E-state index is 13.0. The van der Waals surface area contributed by atoms with Crippen molar-refractivity contribution in [2.24, 2.45) is 0 Å². The van der Waals surface area contributed by atoms with Gasteiger partial charge in [0.05, 0.1) is 10.6 Å². The van der Waals surface area contributed by atoms with Crippen LogP contribution in [0.25, 0.3) is 0 Å². The van der Waals surface area contributed by atoms with Crippen molar-refractivity contribution < 1.29 is 13.6 Å². The summed E-state index contributed by atoms with van der Waals surface area (Å²) >= 11 is 10.00. The molecule has 1 aromatic rings. The molecule has 0 spiro atoms. The van der Waals surface area contributed by atoms with Crippen LogP contribution in [0.4, 0.5) is 0 Å². The van der Waals surface area contributed by atoms with Crippen LogP contribution in [-0.4, -0.2) is 22.6 Å². The fourth-order valence-corrected chi connectivity index (χ4v) is 4.65. The highest BCUT2D eigenvalue weighted by atomic mass is 79.9. The molecule has 0 atom stereocenters. The Kier molecular flexibility index (Phi) is 7.52. The Bertz CT molecular complexity index is 704.